The summed E-state index contributed by atoms with van der Waals surface area (Å²) in [5.41, 5.74) is 2.85. The molecule has 1 fully saturated rings. The second kappa shape index (κ2) is 10.9. The van der Waals surface area contributed by atoms with E-state index in [1.54, 1.807) is 6.20 Å². The van der Waals surface area contributed by atoms with Crippen molar-refractivity contribution in [3.8, 4) is 0 Å². The number of alkyl halides is 3. The number of aromatic nitrogens is 3. The highest BCUT2D eigenvalue weighted by Crippen LogP contribution is 2.28. The van der Waals surface area contributed by atoms with Gasteiger partial charge in [0.15, 0.2) is 5.69 Å². The number of carbonyl (C=O) groups is 1. The van der Waals surface area contributed by atoms with Crippen LogP contribution in [-0.4, -0.2) is 52.3 Å². The number of allylic oxidation sites excluding steroid dienone is 1. The maximum atomic E-state index is 12.8. The first-order chi connectivity index (χ1) is 17.2. The number of nitrogens with zero attached hydrogens (tertiary/aromatic N) is 4. The van der Waals surface area contributed by atoms with Gasteiger partial charge in [-0.1, -0.05) is 18.6 Å². The molecular weight excluding hydrogens is 469 g/mol. The number of anilines is 1. The lowest BCUT2D eigenvalue weighted by Gasteiger charge is -2.26. The minimum absolute atomic E-state index is 0.136. The predicted molar refractivity (Wildman–Crippen MR) is 135 cm³/mol. The van der Waals surface area contributed by atoms with Gasteiger partial charge in [-0.25, -0.2) is 4.98 Å². The van der Waals surface area contributed by atoms with Gasteiger partial charge < -0.3 is 5.32 Å². The maximum absolute atomic E-state index is 12.8. The van der Waals surface area contributed by atoms with Gasteiger partial charge in [0.05, 0.1) is 17.4 Å². The molecule has 0 bridgehead atoms. The van der Waals surface area contributed by atoms with E-state index in [4.69, 9.17) is 0 Å². The number of aliphatic imine (C=N–C) groups is 1. The van der Waals surface area contributed by atoms with Crippen molar-refractivity contribution < 1.29 is 18.0 Å². The van der Waals surface area contributed by atoms with Crippen LogP contribution in [0.1, 0.15) is 47.9 Å². The zero-order chi connectivity index (χ0) is 25.7. The standard InChI is InChI=1S/C26H27F3N6O/c1-17(12-18(14-30-2)16-35-10-4-3-5-11-35)19-6-8-22-21(13-19)24(34-33-22)25(36)32-20-7-9-23(31-15-20)26(27,28)29/h6-9,12-15H,2-5,10-11,16H2,1H3,(H,32,36)(H,33,34)/b17-12+,18-14+. The number of amides is 1. The number of carbonyl (C=O) groups excluding carboxylic acids is 1. The van der Waals surface area contributed by atoms with Crippen molar-refractivity contribution in [1.29, 1.82) is 0 Å². The van der Waals surface area contributed by atoms with Crippen LogP contribution in [0.2, 0.25) is 0 Å². The third kappa shape index (κ3) is 6.06. The van der Waals surface area contributed by atoms with Crippen molar-refractivity contribution in [2.45, 2.75) is 32.4 Å². The minimum Gasteiger partial charge on any atom is -0.319 e. The summed E-state index contributed by atoms with van der Waals surface area (Å²) in [4.78, 5) is 22.6. The van der Waals surface area contributed by atoms with Gasteiger partial charge >= 0.3 is 6.18 Å². The monoisotopic (exact) mass is 496 g/mol. The van der Waals surface area contributed by atoms with Gasteiger partial charge in [0.25, 0.3) is 5.91 Å². The van der Waals surface area contributed by atoms with Crippen LogP contribution in [0.5, 0.6) is 0 Å². The van der Waals surface area contributed by atoms with Crippen molar-refractivity contribution in [3.05, 3.63) is 71.3 Å². The molecule has 1 amide bonds. The van der Waals surface area contributed by atoms with Crippen LogP contribution in [0, 0.1) is 0 Å². The van der Waals surface area contributed by atoms with Gasteiger partial charge in [0.1, 0.15) is 5.69 Å². The Kier molecular flexibility index (Phi) is 7.64. The van der Waals surface area contributed by atoms with Crippen molar-refractivity contribution in [2.24, 2.45) is 4.99 Å². The summed E-state index contributed by atoms with van der Waals surface area (Å²) in [5, 5.41) is 10.1. The van der Waals surface area contributed by atoms with E-state index >= 15 is 0 Å². The minimum atomic E-state index is -4.55. The summed E-state index contributed by atoms with van der Waals surface area (Å²) in [7, 11) is 0. The van der Waals surface area contributed by atoms with Crippen LogP contribution in [0.15, 0.2) is 59.4 Å². The fourth-order valence-electron chi connectivity index (χ4n) is 4.24. The topological polar surface area (TPSA) is 86.3 Å². The summed E-state index contributed by atoms with van der Waals surface area (Å²) in [5.74, 6) is -0.553. The number of H-pyrrole nitrogens is 1. The molecule has 2 N–H and O–H groups in total. The lowest BCUT2D eigenvalue weighted by molar-refractivity contribution is -0.141. The molecule has 7 nitrogen and oxygen atoms in total. The van der Waals surface area contributed by atoms with Crippen molar-refractivity contribution in [1.82, 2.24) is 20.1 Å². The van der Waals surface area contributed by atoms with E-state index in [0.717, 1.165) is 54.7 Å². The quantitative estimate of drug-likeness (QED) is 0.324. The summed E-state index contributed by atoms with van der Waals surface area (Å²) in [6.07, 6.45) is 3.92. The largest absolute Gasteiger partial charge is 0.433 e. The van der Waals surface area contributed by atoms with E-state index in [9.17, 15) is 18.0 Å². The fraction of sp³-hybridized carbons (Fsp3) is 0.308. The number of piperidine rings is 1. The molecule has 0 saturated carbocycles. The normalized spacial score (nSPS) is 15.8. The van der Waals surface area contributed by atoms with Gasteiger partial charge in [0, 0.05) is 18.1 Å². The number of nitrogens with one attached hydrogen (secondary N) is 2. The molecule has 0 radical (unpaired) electrons. The highest BCUT2D eigenvalue weighted by Gasteiger charge is 2.32. The highest BCUT2D eigenvalue weighted by atomic mass is 19.4. The van der Waals surface area contributed by atoms with E-state index in [2.05, 4.69) is 43.2 Å². The molecule has 3 aromatic rings. The van der Waals surface area contributed by atoms with Crippen LogP contribution in [0.3, 0.4) is 0 Å². The highest BCUT2D eigenvalue weighted by molar-refractivity contribution is 6.11. The molecule has 1 aromatic carbocycles. The van der Waals surface area contributed by atoms with Crippen molar-refractivity contribution >= 4 is 34.8 Å². The molecule has 4 rings (SSSR count). The van der Waals surface area contributed by atoms with E-state index in [1.165, 1.54) is 19.3 Å². The number of rotatable bonds is 7. The van der Waals surface area contributed by atoms with Gasteiger partial charge in [0.2, 0.25) is 0 Å². The molecule has 3 heterocycles. The van der Waals surface area contributed by atoms with Gasteiger partial charge in [-0.3, -0.25) is 19.8 Å². The molecule has 0 spiro atoms. The number of aromatic amines is 1. The van der Waals surface area contributed by atoms with Gasteiger partial charge in [-0.2, -0.15) is 18.3 Å². The second-order valence-electron chi connectivity index (χ2n) is 8.77. The van der Waals surface area contributed by atoms with Crippen LogP contribution < -0.4 is 5.32 Å². The molecule has 0 atom stereocenters. The molecule has 1 aliphatic heterocycles. The second-order valence-corrected chi connectivity index (χ2v) is 8.77. The lowest BCUT2D eigenvalue weighted by Crippen LogP contribution is -2.31. The molecule has 36 heavy (non-hydrogen) atoms. The van der Waals surface area contributed by atoms with E-state index in [0.29, 0.717) is 10.9 Å². The van der Waals surface area contributed by atoms with E-state index in [1.807, 2.05) is 25.1 Å². The molecule has 0 unspecified atom stereocenters. The Hall–Kier alpha value is -3.79. The maximum Gasteiger partial charge on any atom is 0.433 e. The van der Waals surface area contributed by atoms with Crippen molar-refractivity contribution in [2.75, 3.05) is 25.0 Å². The van der Waals surface area contributed by atoms with Gasteiger partial charge in [-0.15, -0.1) is 0 Å². The average molecular weight is 497 g/mol. The number of hydrogen-bond acceptors (Lipinski definition) is 5. The summed E-state index contributed by atoms with van der Waals surface area (Å²) in [6.45, 7) is 8.51. The number of pyridine rings is 1. The number of likely N-dealkylation sites (tertiary alicyclic amines) is 1. The number of fused-ring (bicyclic) bond motifs is 1. The first kappa shape index (κ1) is 25.3. The molecule has 1 aliphatic rings. The van der Waals surface area contributed by atoms with Gasteiger partial charge in [-0.05, 0) is 80.5 Å². The Morgan fingerprint density at radius 2 is 2.00 bits per heavy atom. The van der Waals surface area contributed by atoms with Crippen LogP contribution in [0.4, 0.5) is 18.9 Å². The molecule has 1 saturated heterocycles. The molecule has 10 heteroatoms. The Balaban J connectivity index is 1.54. The molecule has 2 aromatic heterocycles. The summed E-state index contributed by atoms with van der Waals surface area (Å²) >= 11 is 0. The van der Waals surface area contributed by atoms with Crippen LogP contribution in [0.25, 0.3) is 16.5 Å². The summed E-state index contributed by atoms with van der Waals surface area (Å²) in [6, 6.07) is 7.62. The number of hydrogen-bond donors (Lipinski definition) is 2. The van der Waals surface area contributed by atoms with Crippen molar-refractivity contribution in [3.63, 3.8) is 0 Å². The zero-order valence-corrected chi connectivity index (χ0v) is 19.9. The smallest absolute Gasteiger partial charge is 0.319 e. The third-order valence-corrected chi connectivity index (χ3v) is 6.06. The SMILES string of the molecule is C=N/C=C(\C=C(/C)c1ccc2[nH]nc(C(=O)Nc3ccc(C(F)(F)F)nc3)c2c1)CN1CCCCC1. The third-order valence-electron chi connectivity index (χ3n) is 6.06. The number of halogens is 3. The Bertz CT molecular complexity index is 1300. The first-order valence-electron chi connectivity index (χ1n) is 11.6. The van der Waals surface area contributed by atoms with E-state index < -0.39 is 17.8 Å². The zero-order valence-electron chi connectivity index (χ0n) is 19.9. The Morgan fingerprint density at radius 3 is 2.67 bits per heavy atom. The predicted octanol–water partition coefficient (Wildman–Crippen LogP) is 5.70. The molecule has 0 aliphatic carbocycles. The molecule has 188 valence electrons. The fourth-order valence-corrected chi connectivity index (χ4v) is 4.24. The number of benzene rings is 1. The summed E-state index contributed by atoms with van der Waals surface area (Å²) < 4.78 is 38.2. The van der Waals surface area contributed by atoms with E-state index in [-0.39, 0.29) is 11.4 Å². The van der Waals surface area contributed by atoms with Crippen LogP contribution in [-0.2, 0) is 6.18 Å². The Morgan fingerprint density at radius 1 is 1.22 bits per heavy atom. The Labute approximate surface area is 206 Å². The lowest BCUT2D eigenvalue weighted by atomic mass is 10.0. The first-order valence-corrected chi connectivity index (χ1v) is 11.6. The average Bonchev–Trinajstić information content (AvgIpc) is 3.28. The molecular formula is C26H27F3N6O. The van der Waals surface area contributed by atoms with Crippen LogP contribution >= 0.6 is 0 Å².